The van der Waals surface area contributed by atoms with Gasteiger partial charge in [0.1, 0.15) is 17.3 Å². The van der Waals surface area contributed by atoms with E-state index in [0.29, 0.717) is 41.4 Å². The molecule has 1 saturated heterocycles. The molecule has 2 atom stereocenters. The molecular weight excluding hydrogens is 566 g/mol. The molecule has 2 aromatic heterocycles. The molecule has 0 bridgehead atoms. The molecule has 4 aromatic rings. The molecule has 4 heterocycles. The summed E-state index contributed by atoms with van der Waals surface area (Å²) in [6, 6.07) is 16.9. The molecular formula is C30H23ClF2N6O3. The van der Waals surface area contributed by atoms with E-state index in [1.165, 1.54) is 10.6 Å². The van der Waals surface area contributed by atoms with Crippen LogP contribution in [0.25, 0.3) is 15.9 Å². The van der Waals surface area contributed by atoms with Gasteiger partial charge in [-0.25, -0.2) is 0 Å². The van der Waals surface area contributed by atoms with Gasteiger partial charge >= 0.3 is 6.29 Å². The summed E-state index contributed by atoms with van der Waals surface area (Å²) in [5.41, 5.74) is 2.47. The number of nitriles is 1. The van der Waals surface area contributed by atoms with Crippen molar-refractivity contribution in [3.8, 4) is 17.6 Å². The minimum atomic E-state index is -3.73. The largest absolute Gasteiger partial charge is 0.586 e. The molecule has 2 aliphatic heterocycles. The van der Waals surface area contributed by atoms with Gasteiger partial charge < -0.3 is 23.8 Å². The predicted molar refractivity (Wildman–Crippen MR) is 152 cm³/mol. The van der Waals surface area contributed by atoms with Gasteiger partial charge in [0.2, 0.25) is 5.52 Å². The first-order valence-electron chi connectivity index (χ1n) is 13.1. The van der Waals surface area contributed by atoms with Crippen molar-refractivity contribution in [1.82, 2.24) is 14.5 Å². The second-order valence-corrected chi connectivity index (χ2v) is 10.6. The van der Waals surface area contributed by atoms with Gasteiger partial charge in [-0.2, -0.15) is 5.26 Å². The summed E-state index contributed by atoms with van der Waals surface area (Å²) in [5.74, 6) is 0.0770. The Hall–Kier alpha value is -4.71. The Labute approximate surface area is 244 Å². The number of aryl methyl sites for hydroxylation is 1. The minimum Gasteiger partial charge on any atom is -0.395 e. The molecule has 42 heavy (non-hydrogen) atoms. The van der Waals surface area contributed by atoms with Crippen LogP contribution in [0.4, 0.5) is 20.3 Å². The lowest BCUT2D eigenvalue weighted by Crippen LogP contribution is -2.53. The highest BCUT2D eigenvalue weighted by atomic mass is 35.5. The fourth-order valence-electron chi connectivity index (χ4n) is 5.77. The second-order valence-electron chi connectivity index (χ2n) is 10.2. The van der Waals surface area contributed by atoms with E-state index in [2.05, 4.69) is 25.5 Å². The van der Waals surface area contributed by atoms with E-state index in [9.17, 15) is 18.8 Å². The summed E-state index contributed by atoms with van der Waals surface area (Å²) in [6.07, 6.45) is -3.73. The maximum absolute atomic E-state index is 13.8. The number of ether oxygens (including phenoxy) is 2. The van der Waals surface area contributed by atoms with Crippen LogP contribution in [0.15, 0.2) is 59.4 Å². The van der Waals surface area contributed by atoms with Crippen LogP contribution in [0, 0.1) is 17.9 Å². The summed E-state index contributed by atoms with van der Waals surface area (Å²) in [7, 11) is 1.58. The summed E-state index contributed by atoms with van der Waals surface area (Å²) in [4.78, 5) is 25.3. The number of alkyl halides is 2. The summed E-state index contributed by atoms with van der Waals surface area (Å²) >= 11 is 6.18. The van der Waals surface area contributed by atoms with Gasteiger partial charge in [0.15, 0.2) is 11.5 Å². The maximum atomic E-state index is 13.8. The second kappa shape index (κ2) is 10.3. The molecule has 2 aliphatic rings. The quantitative estimate of drug-likeness (QED) is 0.286. The van der Waals surface area contributed by atoms with E-state index in [1.807, 2.05) is 24.0 Å². The van der Waals surface area contributed by atoms with Crippen LogP contribution in [0.1, 0.15) is 29.7 Å². The van der Waals surface area contributed by atoms with E-state index in [0.717, 1.165) is 11.1 Å². The van der Waals surface area contributed by atoms with Gasteiger partial charge in [0, 0.05) is 37.7 Å². The van der Waals surface area contributed by atoms with Gasteiger partial charge in [0.25, 0.3) is 11.4 Å². The van der Waals surface area contributed by atoms with Crippen LogP contribution in [-0.4, -0.2) is 46.4 Å². The van der Waals surface area contributed by atoms with E-state index < -0.39 is 11.9 Å². The number of rotatable bonds is 4. The number of benzene rings is 2. The molecule has 1 unspecified atom stereocenters. The number of piperazine rings is 1. The number of fused-ring (bicyclic) bond motifs is 2. The molecule has 0 radical (unpaired) electrons. The normalized spacial score (nSPS) is 18.5. The standard InChI is InChI=1S/C30H23ClF2N6O3/c1-17-16-38(28-21(15-34)29(40)37(3)22-9-11-25(35-2)36-26(22)28)12-13-39(17)27(18-4-7-20(31)8-5-18)19-6-10-23-24(14-19)42-30(32,33)41-23/h4-11,14,17,27H,12-13,16H2,1,3H3/t17-,27?/m1/s1. The first kappa shape index (κ1) is 27.5. The fraction of sp³-hybridized carbons (Fsp3) is 0.267. The summed E-state index contributed by atoms with van der Waals surface area (Å²) in [6.45, 7) is 10.8. The molecule has 0 saturated carbocycles. The average Bonchev–Trinajstić information content (AvgIpc) is 3.29. The zero-order valence-electron chi connectivity index (χ0n) is 22.5. The van der Waals surface area contributed by atoms with Crippen molar-refractivity contribution < 1.29 is 18.3 Å². The molecule has 1 fully saturated rings. The molecule has 2 aromatic carbocycles. The van der Waals surface area contributed by atoms with Crippen molar-refractivity contribution in [2.45, 2.75) is 25.3 Å². The predicted octanol–water partition coefficient (Wildman–Crippen LogP) is 5.63. The number of halogens is 3. The van der Waals surface area contributed by atoms with Crippen molar-refractivity contribution in [2.75, 3.05) is 24.5 Å². The Bertz CT molecular complexity index is 1870. The highest BCUT2D eigenvalue weighted by Gasteiger charge is 2.44. The highest BCUT2D eigenvalue weighted by molar-refractivity contribution is 6.30. The number of hydrogen-bond acceptors (Lipinski definition) is 7. The number of nitrogens with zero attached hydrogens (tertiary/aromatic N) is 6. The zero-order chi connectivity index (χ0) is 29.8. The van der Waals surface area contributed by atoms with E-state index in [-0.39, 0.29) is 35.0 Å². The monoisotopic (exact) mass is 588 g/mol. The van der Waals surface area contributed by atoms with Crippen LogP contribution in [0.3, 0.4) is 0 Å². The Morgan fingerprint density at radius 2 is 1.83 bits per heavy atom. The van der Waals surface area contributed by atoms with Gasteiger partial charge in [-0.1, -0.05) is 36.4 Å². The van der Waals surface area contributed by atoms with Gasteiger partial charge in [-0.15, -0.1) is 13.8 Å². The van der Waals surface area contributed by atoms with Gasteiger partial charge in [-0.3, -0.25) is 9.69 Å². The smallest absolute Gasteiger partial charge is 0.395 e. The van der Waals surface area contributed by atoms with Crippen LogP contribution >= 0.6 is 11.6 Å². The number of pyridine rings is 2. The fourth-order valence-corrected chi connectivity index (χ4v) is 5.89. The van der Waals surface area contributed by atoms with Crippen molar-refractivity contribution in [3.05, 3.63) is 98.1 Å². The maximum Gasteiger partial charge on any atom is 0.586 e. The van der Waals surface area contributed by atoms with E-state index in [4.69, 9.17) is 22.9 Å². The first-order chi connectivity index (χ1) is 20.1. The first-order valence-corrected chi connectivity index (χ1v) is 13.4. The third-order valence-electron chi connectivity index (χ3n) is 7.68. The zero-order valence-corrected chi connectivity index (χ0v) is 23.3. The number of hydrogen-bond donors (Lipinski definition) is 0. The number of anilines is 1. The molecule has 0 spiro atoms. The topological polar surface area (TPSA) is 88.0 Å². The number of aromatic nitrogens is 2. The van der Waals surface area contributed by atoms with Crippen LogP contribution in [-0.2, 0) is 7.05 Å². The lowest BCUT2D eigenvalue weighted by atomic mass is 9.94. The van der Waals surface area contributed by atoms with Crippen molar-refractivity contribution >= 4 is 34.1 Å². The lowest BCUT2D eigenvalue weighted by molar-refractivity contribution is -0.286. The van der Waals surface area contributed by atoms with Crippen molar-refractivity contribution in [3.63, 3.8) is 0 Å². The van der Waals surface area contributed by atoms with E-state index in [1.54, 1.807) is 43.4 Å². The highest BCUT2D eigenvalue weighted by Crippen LogP contribution is 2.44. The lowest BCUT2D eigenvalue weighted by Gasteiger charge is -2.45. The van der Waals surface area contributed by atoms with Crippen LogP contribution < -0.4 is 19.9 Å². The van der Waals surface area contributed by atoms with Crippen LogP contribution in [0.2, 0.25) is 5.02 Å². The van der Waals surface area contributed by atoms with Gasteiger partial charge in [-0.05, 0) is 54.4 Å². The van der Waals surface area contributed by atoms with E-state index >= 15 is 0 Å². The Morgan fingerprint density at radius 1 is 1.12 bits per heavy atom. The third kappa shape index (κ3) is 4.67. The SMILES string of the molecule is [C-]#[N+]c1ccc2c(n1)c(N1CCN(C(c3ccc(Cl)cc3)c3ccc4c(c3)OC(F)(F)O4)[C@H](C)C1)c(C#N)c(=O)n2C. The summed E-state index contributed by atoms with van der Waals surface area (Å²) < 4.78 is 38.3. The van der Waals surface area contributed by atoms with Crippen molar-refractivity contribution in [2.24, 2.45) is 7.05 Å². The molecule has 6 rings (SSSR count). The third-order valence-corrected chi connectivity index (χ3v) is 7.93. The molecule has 0 aliphatic carbocycles. The Kier molecular flexibility index (Phi) is 6.72. The molecule has 9 nitrogen and oxygen atoms in total. The molecule has 0 N–H and O–H groups in total. The van der Waals surface area contributed by atoms with Gasteiger partial charge in [0.05, 0.1) is 11.6 Å². The Balaban J connectivity index is 1.40. The molecule has 12 heteroatoms. The minimum absolute atomic E-state index is 0.0359. The van der Waals surface area contributed by atoms with Crippen LogP contribution in [0.5, 0.6) is 11.5 Å². The molecule has 0 amide bonds. The molecule has 212 valence electrons. The Morgan fingerprint density at radius 3 is 2.52 bits per heavy atom. The average molecular weight is 589 g/mol. The van der Waals surface area contributed by atoms with Crippen molar-refractivity contribution in [1.29, 1.82) is 5.26 Å². The summed E-state index contributed by atoms with van der Waals surface area (Å²) in [5, 5.41) is 10.6.